The molecule has 1 unspecified atom stereocenters. The highest BCUT2D eigenvalue weighted by Gasteiger charge is 2.41. The zero-order valence-corrected chi connectivity index (χ0v) is 13.9. The molecule has 2 fully saturated rings. The Hall–Kier alpha value is -0.870. The van der Waals surface area contributed by atoms with Crippen LogP contribution in [0.4, 0.5) is 0 Å². The summed E-state index contributed by atoms with van der Waals surface area (Å²) in [5.41, 5.74) is 2.97. The van der Waals surface area contributed by atoms with Gasteiger partial charge in [-0.05, 0) is 32.3 Å². The number of nitrogens with one attached hydrogen (secondary N) is 1. The first-order valence-electron chi connectivity index (χ1n) is 8.63. The van der Waals surface area contributed by atoms with Gasteiger partial charge in [0.1, 0.15) is 0 Å². The molecule has 1 saturated carbocycles. The first kappa shape index (κ1) is 15.0. The summed E-state index contributed by atoms with van der Waals surface area (Å²) in [5.74, 6) is 0. The molecule has 2 heterocycles. The van der Waals surface area contributed by atoms with Crippen LogP contribution in [-0.2, 0) is 20.0 Å². The Morgan fingerprint density at radius 1 is 1.33 bits per heavy atom. The van der Waals surface area contributed by atoms with Gasteiger partial charge in [-0.3, -0.25) is 9.58 Å². The van der Waals surface area contributed by atoms with E-state index in [2.05, 4.69) is 47.0 Å². The third-order valence-electron chi connectivity index (χ3n) is 5.47. The van der Waals surface area contributed by atoms with Crippen molar-refractivity contribution < 1.29 is 0 Å². The monoisotopic (exact) mass is 290 g/mol. The van der Waals surface area contributed by atoms with E-state index < -0.39 is 0 Å². The van der Waals surface area contributed by atoms with Crippen molar-refractivity contribution in [2.24, 2.45) is 7.05 Å². The molecular weight excluding hydrogens is 260 g/mol. The van der Waals surface area contributed by atoms with Gasteiger partial charge in [0.2, 0.25) is 0 Å². The Bertz CT molecular complexity index is 473. The van der Waals surface area contributed by atoms with Crippen LogP contribution < -0.4 is 5.32 Å². The highest BCUT2D eigenvalue weighted by Crippen LogP contribution is 2.36. The van der Waals surface area contributed by atoms with Crippen molar-refractivity contribution >= 4 is 0 Å². The van der Waals surface area contributed by atoms with Crippen molar-refractivity contribution in [3.05, 3.63) is 17.5 Å². The summed E-state index contributed by atoms with van der Waals surface area (Å²) in [6.07, 6.45) is 7.92. The third-order valence-corrected chi connectivity index (χ3v) is 5.47. The predicted molar refractivity (Wildman–Crippen MR) is 86.3 cm³/mol. The van der Waals surface area contributed by atoms with Crippen LogP contribution in [-0.4, -0.2) is 39.4 Å². The highest BCUT2D eigenvalue weighted by molar-refractivity contribution is 5.12. The first-order chi connectivity index (χ1) is 10.1. The molecule has 1 spiro atoms. The summed E-state index contributed by atoms with van der Waals surface area (Å²) in [6.45, 7) is 7.86. The van der Waals surface area contributed by atoms with E-state index in [4.69, 9.17) is 0 Å². The van der Waals surface area contributed by atoms with E-state index in [0.717, 1.165) is 26.1 Å². The largest absolute Gasteiger partial charge is 0.311 e. The van der Waals surface area contributed by atoms with Crippen molar-refractivity contribution in [1.29, 1.82) is 0 Å². The first-order valence-corrected chi connectivity index (χ1v) is 8.63. The summed E-state index contributed by atoms with van der Waals surface area (Å²) >= 11 is 0. The maximum absolute atomic E-state index is 4.62. The van der Waals surface area contributed by atoms with Gasteiger partial charge in [0.05, 0.1) is 11.4 Å². The summed E-state index contributed by atoms with van der Waals surface area (Å²) in [4.78, 5) is 2.75. The molecule has 3 rings (SSSR count). The van der Waals surface area contributed by atoms with Crippen molar-refractivity contribution in [2.45, 2.75) is 70.5 Å². The fraction of sp³-hybridized carbons (Fsp3) is 0.824. The number of nitrogens with zero attached hydrogens (tertiary/aromatic N) is 3. The molecule has 2 aliphatic rings. The molecule has 0 bridgehead atoms. The zero-order chi connectivity index (χ0) is 14.9. The Balaban J connectivity index is 1.80. The topological polar surface area (TPSA) is 33.1 Å². The molecule has 1 saturated heterocycles. The van der Waals surface area contributed by atoms with Gasteiger partial charge >= 0.3 is 0 Å². The predicted octanol–water partition coefficient (Wildman–Crippen LogP) is 2.48. The van der Waals surface area contributed by atoms with Gasteiger partial charge in [-0.25, -0.2) is 0 Å². The molecule has 1 aliphatic carbocycles. The Morgan fingerprint density at radius 3 is 2.76 bits per heavy atom. The van der Waals surface area contributed by atoms with Crippen molar-refractivity contribution in [2.75, 3.05) is 13.1 Å². The van der Waals surface area contributed by atoms with Gasteiger partial charge in [-0.2, -0.15) is 5.10 Å². The van der Waals surface area contributed by atoms with Crippen LogP contribution in [0, 0.1) is 0 Å². The molecule has 0 aromatic carbocycles. The molecule has 4 nitrogen and oxygen atoms in total. The minimum atomic E-state index is 0.390. The molecule has 1 N–H and O–H groups in total. The molecule has 1 aromatic rings. The lowest BCUT2D eigenvalue weighted by atomic mass is 9.78. The number of aryl methyl sites for hydroxylation is 2. The maximum atomic E-state index is 4.62. The standard InChI is InChI=1S/C17H30N4/c1-4-15-10-16(20(3)19-15)12-21-11-14(2)18-13-17(21)8-6-5-7-9-17/h10,14,18H,4-9,11-13H2,1-3H3. The second kappa shape index (κ2) is 6.09. The van der Waals surface area contributed by atoms with E-state index in [-0.39, 0.29) is 0 Å². The summed E-state index contributed by atoms with van der Waals surface area (Å²) in [5, 5.41) is 8.35. The average Bonchev–Trinajstić information content (AvgIpc) is 2.85. The number of aromatic nitrogens is 2. The smallest absolute Gasteiger partial charge is 0.0625 e. The number of hydrogen-bond acceptors (Lipinski definition) is 3. The fourth-order valence-corrected chi connectivity index (χ4v) is 4.09. The minimum absolute atomic E-state index is 0.390. The van der Waals surface area contributed by atoms with Crippen LogP contribution in [0.15, 0.2) is 6.07 Å². The summed E-state index contributed by atoms with van der Waals surface area (Å²) in [7, 11) is 2.09. The molecule has 1 aromatic heterocycles. The van der Waals surface area contributed by atoms with Crippen molar-refractivity contribution in [3.63, 3.8) is 0 Å². The van der Waals surface area contributed by atoms with E-state index in [0.29, 0.717) is 11.6 Å². The molecule has 0 amide bonds. The fourth-order valence-electron chi connectivity index (χ4n) is 4.09. The van der Waals surface area contributed by atoms with Crippen LogP contribution in [0.2, 0.25) is 0 Å². The number of rotatable bonds is 3. The minimum Gasteiger partial charge on any atom is -0.311 e. The Labute approximate surface area is 128 Å². The van der Waals surface area contributed by atoms with Crippen LogP contribution in [0.1, 0.15) is 57.3 Å². The lowest BCUT2D eigenvalue weighted by molar-refractivity contribution is 0.00455. The van der Waals surface area contributed by atoms with E-state index >= 15 is 0 Å². The molecule has 4 heteroatoms. The maximum Gasteiger partial charge on any atom is 0.0625 e. The van der Waals surface area contributed by atoms with Gasteiger partial charge in [-0.15, -0.1) is 0 Å². The van der Waals surface area contributed by atoms with Crippen LogP contribution in [0.25, 0.3) is 0 Å². The molecule has 21 heavy (non-hydrogen) atoms. The molecule has 118 valence electrons. The van der Waals surface area contributed by atoms with Crippen LogP contribution in [0.5, 0.6) is 0 Å². The van der Waals surface area contributed by atoms with Crippen molar-refractivity contribution in [3.8, 4) is 0 Å². The lowest BCUT2D eigenvalue weighted by Crippen LogP contribution is -2.64. The van der Waals surface area contributed by atoms with Gasteiger partial charge < -0.3 is 5.32 Å². The number of piperazine rings is 1. The van der Waals surface area contributed by atoms with Crippen molar-refractivity contribution in [1.82, 2.24) is 20.0 Å². The van der Waals surface area contributed by atoms with E-state index in [1.165, 1.54) is 43.5 Å². The average molecular weight is 290 g/mol. The normalized spacial score (nSPS) is 26.3. The lowest BCUT2D eigenvalue weighted by Gasteiger charge is -2.51. The van der Waals surface area contributed by atoms with Crippen LogP contribution in [0.3, 0.4) is 0 Å². The quantitative estimate of drug-likeness (QED) is 0.928. The van der Waals surface area contributed by atoms with E-state index in [9.17, 15) is 0 Å². The van der Waals surface area contributed by atoms with Gasteiger partial charge in [0, 0.05) is 38.3 Å². The molecule has 0 radical (unpaired) electrons. The number of hydrogen-bond donors (Lipinski definition) is 1. The van der Waals surface area contributed by atoms with Gasteiger partial charge in [0.25, 0.3) is 0 Å². The third kappa shape index (κ3) is 3.02. The van der Waals surface area contributed by atoms with Crippen LogP contribution >= 0.6 is 0 Å². The molecule has 1 atom stereocenters. The summed E-state index contributed by atoms with van der Waals surface area (Å²) in [6, 6.07) is 2.89. The Morgan fingerprint density at radius 2 is 2.10 bits per heavy atom. The van der Waals surface area contributed by atoms with Gasteiger partial charge in [0.15, 0.2) is 0 Å². The zero-order valence-electron chi connectivity index (χ0n) is 13.9. The van der Waals surface area contributed by atoms with Gasteiger partial charge in [-0.1, -0.05) is 26.2 Å². The molecular formula is C17H30N4. The summed E-state index contributed by atoms with van der Waals surface area (Å²) < 4.78 is 2.09. The highest BCUT2D eigenvalue weighted by atomic mass is 15.3. The second-order valence-electron chi connectivity index (χ2n) is 7.05. The Kier molecular flexibility index (Phi) is 4.36. The SMILES string of the molecule is CCc1cc(CN2CC(C)NCC23CCCCC3)n(C)n1. The van der Waals surface area contributed by atoms with E-state index in [1.807, 2.05) is 0 Å². The van der Waals surface area contributed by atoms with E-state index in [1.54, 1.807) is 0 Å². The molecule has 1 aliphatic heterocycles. The second-order valence-corrected chi connectivity index (χ2v) is 7.05.